The molecule has 12 nitrogen and oxygen atoms in total. The van der Waals surface area contributed by atoms with Gasteiger partial charge in [0.05, 0.1) is 24.2 Å². The van der Waals surface area contributed by atoms with Crippen molar-refractivity contribution < 1.29 is 41.6 Å². The number of rotatable bonds is 13. The minimum Gasteiger partial charge on any atom is -0.444 e. The molecular formula is C25H36CaN3O9PS. The van der Waals surface area contributed by atoms with Gasteiger partial charge >= 0.3 is 13.9 Å². The van der Waals surface area contributed by atoms with Crippen LogP contribution in [0.2, 0.25) is 0 Å². The normalized spacial score (nSPS) is 17.3. The van der Waals surface area contributed by atoms with Gasteiger partial charge in [0.2, 0.25) is 10.0 Å². The third-order valence-electron chi connectivity index (χ3n) is 5.96. The SMILES string of the molecule is CC(C)CN(CC(OP(=O)(O)O)C(Cc1ccccc1)NC(=O)OC1CCOC1)S(=O)(=O)c1ccc(N)cc1.[Ca]. The molecule has 218 valence electrons. The zero-order chi connectivity index (χ0) is 28.6. The average Bonchev–Trinajstić information content (AvgIpc) is 3.35. The summed E-state index contributed by atoms with van der Waals surface area (Å²) in [5.41, 5.74) is 6.82. The van der Waals surface area contributed by atoms with E-state index in [0.717, 1.165) is 9.87 Å². The Bertz CT molecular complexity index is 1220. The number of nitrogens with zero attached hydrogens (tertiary/aromatic N) is 1. The zero-order valence-corrected chi connectivity index (χ0v) is 26.5. The van der Waals surface area contributed by atoms with Crippen molar-refractivity contribution >= 4 is 67.4 Å². The maximum Gasteiger partial charge on any atom is 0.469 e. The van der Waals surface area contributed by atoms with Gasteiger partial charge in [0.15, 0.2) is 0 Å². The summed E-state index contributed by atoms with van der Waals surface area (Å²) < 4.78 is 56.2. The topological polar surface area (TPSA) is 178 Å². The van der Waals surface area contributed by atoms with Gasteiger partial charge in [-0.25, -0.2) is 17.8 Å². The number of anilines is 1. The number of nitrogens with one attached hydrogen (secondary N) is 1. The molecule has 1 amide bonds. The van der Waals surface area contributed by atoms with E-state index in [1.54, 1.807) is 30.3 Å². The van der Waals surface area contributed by atoms with Gasteiger partial charge in [-0.05, 0) is 42.2 Å². The number of carbonyl (C=O) groups excluding carboxylic acids is 1. The molecule has 0 saturated carbocycles. The Morgan fingerprint density at radius 1 is 1.15 bits per heavy atom. The molecule has 2 aromatic carbocycles. The first-order chi connectivity index (χ1) is 18.3. The van der Waals surface area contributed by atoms with Crippen LogP contribution in [0.4, 0.5) is 10.5 Å². The summed E-state index contributed by atoms with van der Waals surface area (Å²) in [6.07, 6.45) is -2.14. The summed E-state index contributed by atoms with van der Waals surface area (Å²) in [6, 6.07) is 13.5. The Labute approximate surface area is 264 Å². The van der Waals surface area contributed by atoms with Gasteiger partial charge in [0, 0.05) is 62.9 Å². The monoisotopic (exact) mass is 625 g/mol. The number of alkyl carbamates (subject to hydrolysis) is 1. The molecule has 3 rings (SSSR count). The van der Waals surface area contributed by atoms with E-state index in [0.29, 0.717) is 18.7 Å². The number of benzene rings is 2. The van der Waals surface area contributed by atoms with Crippen LogP contribution in [0.5, 0.6) is 0 Å². The van der Waals surface area contributed by atoms with E-state index < -0.39 is 48.7 Å². The molecule has 15 heteroatoms. The van der Waals surface area contributed by atoms with Crippen LogP contribution < -0.4 is 11.1 Å². The van der Waals surface area contributed by atoms with Crippen LogP contribution >= 0.6 is 7.82 Å². The largest absolute Gasteiger partial charge is 0.469 e. The van der Waals surface area contributed by atoms with Crippen molar-refractivity contribution in [3.63, 3.8) is 0 Å². The van der Waals surface area contributed by atoms with E-state index in [1.165, 1.54) is 24.3 Å². The average molecular weight is 626 g/mol. The maximum atomic E-state index is 13.6. The minimum atomic E-state index is -5.12. The summed E-state index contributed by atoms with van der Waals surface area (Å²) in [5, 5.41) is 2.65. The van der Waals surface area contributed by atoms with E-state index in [4.69, 9.17) is 19.7 Å². The smallest absolute Gasteiger partial charge is 0.444 e. The zero-order valence-electron chi connectivity index (χ0n) is 22.6. The van der Waals surface area contributed by atoms with Crippen molar-refractivity contribution in [1.82, 2.24) is 9.62 Å². The molecule has 1 saturated heterocycles. The van der Waals surface area contributed by atoms with Crippen molar-refractivity contribution in [2.45, 2.75) is 49.8 Å². The fourth-order valence-corrected chi connectivity index (χ4v) is 6.35. The van der Waals surface area contributed by atoms with Crippen LogP contribution in [-0.4, -0.2) is 111 Å². The Kier molecular flexibility index (Phi) is 13.8. The molecule has 0 aromatic heterocycles. The van der Waals surface area contributed by atoms with Gasteiger partial charge in [-0.1, -0.05) is 44.2 Å². The molecule has 1 aliphatic rings. The number of nitrogen functional groups attached to an aromatic ring is 1. The second kappa shape index (κ2) is 15.8. The Hall–Kier alpha value is -1.25. The minimum absolute atomic E-state index is 0. The fraction of sp³-hybridized carbons (Fsp3) is 0.480. The summed E-state index contributed by atoms with van der Waals surface area (Å²) >= 11 is 0. The van der Waals surface area contributed by atoms with Crippen LogP contribution in [0.25, 0.3) is 0 Å². The first-order valence-corrected chi connectivity index (χ1v) is 15.5. The molecule has 40 heavy (non-hydrogen) atoms. The predicted octanol–water partition coefficient (Wildman–Crippen LogP) is 2.14. The molecule has 2 aromatic rings. The number of phosphoric acid groups is 1. The van der Waals surface area contributed by atoms with Crippen LogP contribution in [0.15, 0.2) is 59.5 Å². The second-order valence-electron chi connectivity index (χ2n) is 9.75. The van der Waals surface area contributed by atoms with Crippen molar-refractivity contribution in [3.8, 4) is 0 Å². The number of hydrogen-bond acceptors (Lipinski definition) is 8. The van der Waals surface area contributed by atoms with Gasteiger partial charge in [-0.3, -0.25) is 4.52 Å². The molecule has 0 aliphatic carbocycles. The maximum absolute atomic E-state index is 13.6. The van der Waals surface area contributed by atoms with Gasteiger partial charge in [0.1, 0.15) is 12.2 Å². The molecule has 0 spiro atoms. The van der Waals surface area contributed by atoms with Crippen molar-refractivity contribution in [3.05, 3.63) is 60.2 Å². The van der Waals surface area contributed by atoms with Crippen LogP contribution in [0.1, 0.15) is 25.8 Å². The van der Waals surface area contributed by atoms with Gasteiger partial charge < -0.3 is 30.3 Å². The molecule has 3 unspecified atom stereocenters. The molecule has 1 heterocycles. The van der Waals surface area contributed by atoms with Crippen molar-refractivity contribution in [2.24, 2.45) is 5.92 Å². The number of sulfonamides is 1. The van der Waals surface area contributed by atoms with Gasteiger partial charge in [-0.15, -0.1) is 0 Å². The Morgan fingerprint density at radius 3 is 2.35 bits per heavy atom. The molecule has 0 bridgehead atoms. The number of nitrogens with two attached hydrogens (primary N) is 1. The van der Waals surface area contributed by atoms with E-state index in [1.807, 2.05) is 13.8 Å². The van der Waals surface area contributed by atoms with Gasteiger partial charge in [-0.2, -0.15) is 4.31 Å². The molecule has 3 atom stereocenters. The molecule has 2 radical (unpaired) electrons. The van der Waals surface area contributed by atoms with E-state index in [2.05, 4.69) is 5.32 Å². The molecule has 1 fully saturated rings. The van der Waals surface area contributed by atoms with E-state index >= 15 is 0 Å². The van der Waals surface area contributed by atoms with Gasteiger partial charge in [0.25, 0.3) is 0 Å². The van der Waals surface area contributed by atoms with E-state index in [-0.39, 0.29) is 68.1 Å². The van der Waals surface area contributed by atoms with Crippen molar-refractivity contribution in [1.29, 1.82) is 0 Å². The molecule has 1 aliphatic heterocycles. The fourth-order valence-electron chi connectivity index (χ4n) is 4.16. The quantitative estimate of drug-likeness (QED) is 0.146. The Balaban J connectivity index is 0.00000560. The van der Waals surface area contributed by atoms with Crippen molar-refractivity contribution in [2.75, 3.05) is 32.0 Å². The van der Waals surface area contributed by atoms with Crippen LogP contribution in [0.3, 0.4) is 0 Å². The third-order valence-corrected chi connectivity index (χ3v) is 8.35. The number of ether oxygens (including phenoxy) is 2. The number of phosphoric ester groups is 1. The first kappa shape index (κ1) is 34.9. The second-order valence-corrected chi connectivity index (χ2v) is 12.9. The molecular weight excluding hydrogens is 589 g/mol. The number of amides is 1. The first-order valence-electron chi connectivity index (χ1n) is 12.5. The van der Waals surface area contributed by atoms with E-state index in [9.17, 15) is 27.6 Å². The van der Waals surface area contributed by atoms with Crippen LogP contribution in [0, 0.1) is 5.92 Å². The summed E-state index contributed by atoms with van der Waals surface area (Å²) in [7, 11) is -9.26. The summed E-state index contributed by atoms with van der Waals surface area (Å²) in [6.45, 7) is 3.87. The number of hydrogen-bond donors (Lipinski definition) is 4. The standard InChI is InChI=1S/C25H36N3O9PS.Ca/c1-18(2)15-28(39(33,34)22-10-8-20(26)9-11-22)16-24(37-38(30,31)32)23(14-19-6-4-3-5-7-19)27-25(29)36-21-12-13-35-17-21;/h3-11,18,21,23-24H,12-17,26H2,1-2H3,(H,27,29)(H2,30,31,32);. The summed E-state index contributed by atoms with van der Waals surface area (Å²) in [5.74, 6) is -0.142. The predicted molar refractivity (Wildman–Crippen MR) is 150 cm³/mol. The van der Waals surface area contributed by atoms with Crippen LogP contribution in [-0.2, 0) is 35.0 Å². The third kappa shape index (κ3) is 11.2. The Morgan fingerprint density at radius 2 is 1.80 bits per heavy atom. The number of carbonyl (C=O) groups is 1. The summed E-state index contributed by atoms with van der Waals surface area (Å²) in [4.78, 5) is 32.3. The molecule has 5 N–H and O–H groups in total.